The summed E-state index contributed by atoms with van der Waals surface area (Å²) in [5.41, 5.74) is 0.364. The summed E-state index contributed by atoms with van der Waals surface area (Å²) in [5.74, 6) is 0. The molecule has 0 amide bonds. The van der Waals surface area contributed by atoms with Crippen molar-refractivity contribution in [2.45, 2.75) is 17.6 Å². The van der Waals surface area contributed by atoms with Crippen LogP contribution in [0.25, 0.3) is 0 Å². The molecule has 0 atom stereocenters. The number of nitrogens with zero attached hydrogens (tertiary/aromatic N) is 1. The number of thiophene rings is 1. The highest BCUT2D eigenvalue weighted by Crippen LogP contribution is 2.27. The molecular formula is C11H10BrClN2O2S2. The minimum Gasteiger partial charge on any atom is -0.277 e. The van der Waals surface area contributed by atoms with Crippen LogP contribution in [0, 0.1) is 0 Å². The van der Waals surface area contributed by atoms with E-state index >= 15 is 0 Å². The number of aromatic nitrogens is 1. The fraction of sp³-hybridized carbons (Fsp3) is 0.182. The Balaban J connectivity index is 2.28. The first-order chi connectivity index (χ1) is 8.92. The second kappa shape index (κ2) is 5.78. The Bertz CT molecular complexity index is 700. The highest BCUT2D eigenvalue weighted by atomic mass is 79.9. The van der Waals surface area contributed by atoms with Crippen LogP contribution in [0.2, 0.25) is 5.15 Å². The van der Waals surface area contributed by atoms with Crippen molar-refractivity contribution >= 4 is 54.6 Å². The minimum absolute atomic E-state index is 0.285. The van der Waals surface area contributed by atoms with Gasteiger partial charge in [-0.3, -0.25) is 4.72 Å². The zero-order valence-electron chi connectivity index (χ0n) is 9.85. The molecule has 0 radical (unpaired) electrons. The predicted octanol–water partition coefficient (Wildman–Crippen LogP) is 3.92. The second-order valence-electron chi connectivity index (χ2n) is 3.68. The maximum absolute atomic E-state index is 12.2. The Morgan fingerprint density at radius 3 is 2.79 bits per heavy atom. The SMILES string of the molecule is CCc1ccc(S(=O)(=O)Nc2cnc(Cl)c(Br)c2)s1. The van der Waals surface area contributed by atoms with Crippen LogP contribution in [0.4, 0.5) is 5.69 Å². The third-order valence-electron chi connectivity index (χ3n) is 2.30. The van der Waals surface area contributed by atoms with E-state index in [1.54, 1.807) is 12.1 Å². The predicted molar refractivity (Wildman–Crippen MR) is 81.5 cm³/mol. The lowest BCUT2D eigenvalue weighted by atomic mass is 10.4. The molecule has 2 heterocycles. The third kappa shape index (κ3) is 3.47. The first-order valence-corrected chi connectivity index (χ1v) is 8.82. The Morgan fingerprint density at radius 2 is 2.21 bits per heavy atom. The van der Waals surface area contributed by atoms with Gasteiger partial charge in [-0.15, -0.1) is 11.3 Å². The molecule has 0 aliphatic rings. The van der Waals surface area contributed by atoms with Gasteiger partial charge in [0.15, 0.2) is 0 Å². The molecule has 1 N–H and O–H groups in total. The molecule has 0 aromatic carbocycles. The van der Waals surface area contributed by atoms with E-state index in [4.69, 9.17) is 11.6 Å². The van der Waals surface area contributed by atoms with Gasteiger partial charge in [0.25, 0.3) is 10.0 Å². The maximum atomic E-state index is 12.2. The van der Waals surface area contributed by atoms with Crippen molar-refractivity contribution in [3.63, 3.8) is 0 Å². The van der Waals surface area contributed by atoms with Crippen molar-refractivity contribution in [2.75, 3.05) is 4.72 Å². The lowest BCUT2D eigenvalue weighted by molar-refractivity contribution is 0.603. The van der Waals surface area contributed by atoms with Crippen LogP contribution in [0.5, 0.6) is 0 Å². The number of sulfonamides is 1. The normalized spacial score (nSPS) is 11.5. The molecule has 0 aliphatic carbocycles. The molecule has 2 rings (SSSR count). The molecule has 2 aromatic heterocycles. The molecule has 0 bridgehead atoms. The van der Waals surface area contributed by atoms with Crippen LogP contribution >= 0.6 is 38.9 Å². The van der Waals surface area contributed by atoms with Crippen LogP contribution in [0.1, 0.15) is 11.8 Å². The van der Waals surface area contributed by atoms with E-state index in [0.29, 0.717) is 10.2 Å². The molecule has 0 aliphatic heterocycles. The number of aryl methyl sites for hydroxylation is 1. The van der Waals surface area contributed by atoms with Gasteiger partial charge in [0.2, 0.25) is 0 Å². The van der Waals surface area contributed by atoms with Gasteiger partial charge in [-0.2, -0.15) is 0 Å². The summed E-state index contributed by atoms with van der Waals surface area (Å²) in [6.45, 7) is 1.98. The molecular weight excluding hydrogens is 372 g/mol. The van der Waals surface area contributed by atoms with E-state index in [9.17, 15) is 8.42 Å². The van der Waals surface area contributed by atoms with E-state index < -0.39 is 10.0 Å². The van der Waals surface area contributed by atoms with Gasteiger partial charge in [0.05, 0.1) is 16.4 Å². The third-order valence-corrected chi connectivity index (χ3v) is 6.54. The van der Waals surface area contributed by atoms with Crippen LogP contribution in [-0.4, -0.2) is 13.4 Å². The van der Waals surface area contributed by atoms with Gasteiger partial charge in [0, 0.05) is 4.88 Å². The van der Waals surface area contributed by atoms with Crippen LogP contribution < -0.4 is 4.72 Å². The summed E-state index contributed by atoms with van der Waals surface area (Å²) in [5, 5.41) is 0.285. The van der Waals surface area contributed by atoms with E-state index in [2.05, 4.69) is 25.6 Å². The Labute approximate surface area is 129 Å². The zero-order valence-corrected chi connectivity index (χ0v) is 13.8. The summed E-state index contributed by atoms with van der Waals surface area (Å²) in [6, 6.07) is 4.99. The van der Waals surface area contributed by atoms with Crippen molar-refractivity contribution in [2.24, 2.45) is 0 Å². The molecule has 0 fully saturated rings. The number of pyridine rings is 1. The van der Waals surface area contributed by atoms with Gasteiger partial charge < -0.3 is 0 Å². The summed E-state index contributed by atoms with van der Waals surface area (Å²) in [4.78, 5) is 4.90. The average Bonchev–Trinajstić information content (AvgIpc) is 2.83. The van der Waals surface area contributed by atoms with Crippen LogP contribution in [0.15, 0.2) is 33.1 Å². The van der Waals surface area contributed by atoms with Crippen LogP contribution in [-0.2, 0) is 16.4 Å². The summed E-state index contributed by atoms with van der Waals surface area (Å²) in [7, 11) is -3.57. The van der Waals surface area contributed by atoms with E-state index in [0.717, 1.165) is 11.3 Å². The van der Waals surface area contributed by atoms with Crippen molar-refractivity contribution in [1.29, 1.82) is 0 Å². The van der Waals surface area contributed by atoms with E-state index in [1.165, 1.54) is 17.5 Å². The fourth-order valence-electron chi connectivity index (χ4n) is 1.38. The Morgan fingerprint density at radius 1 is 1.47 bits per heavy atom. The topological polar surface area (TPSA) is 59.1 Å². The Hall–Kier alpha value is -0.630. The monoisotopic (exact) mass is 380 g/mol. The molecule has 0 spiro atoms. The van der Waals surface area contributed by atoms with Gasteiger partial charge in [-0.05, 0) is 40.5 Å². The minimum atomic E-state index is -3.57. The van der Waals surface area contributed by atoms with Gasteiger partial charge in [0.1, 0.15) is 9.36 Å². The molecule has 102 valence electrons. The van der Waals surface area contributed by atoms with E-state index in [-0.39, 0.29) is 9.36 Å². The largest absolute Gasteiger partial charge is 0.277 e. The second-order valence-corrected chi connectivity index (χ2v) is 7.97. The molecule has 4 nitrogen and oxygen atoms in total. The lowest BCUT2D eigenvalue weighted by Crippen LogP contribution is -2.11. The summed E-state index contributed by atoms with van der Waals surface area (Å²) >= 11 is 10.2. The highest BCUT2D eigenvalue weighted by Gasteiger charge is 2.17. The van der Waals surface area contributed by atoms with Crippen molar-refractivity contribution in [3.05, 3.63) is 38.9 Å². The van der Waals surface area contributed by atoms with Gasteiger partial charge in [-0.25, -0.2) is 13.4 Å². The first-order valence-electron chi connectivity index (χ1n) is 5.35. The molecule has 2 aromatic rings. The maximum Gasteiger partial charge on any atom is 0.271 e. The fourth-order valence-corrected chi connectivity index (χ4v) is 4.16. The zero-order chi connectivity index (χ0) is 14.0. The molecule has 0 saturated heterocycles. The summed E-state index contributed by atoms with van der Waals surface area (Å²) in [6.07, 6.45) is 2.19. The quantitative estimate of drug-likeness (QED) is 0.817. The lowest BCUT2D eigenvalue weighted by Gasteiger charge is -2.06. The highest BCUT2D eigenvalue weighted by molar-refractivity contribution is 9.10. The van der Waals surface area contributed by atoms with E-state index in [1.807, 2.05) is 13.0 Å². The number of hydrogen-bond acceptors (Lipinski definition) is 4. The molecule has 0 saturated carbocycles. The summed E-state index contributed by atoms with van der Waals surface area (Å²) < 4.78 is 27.6. The molecule has 8 heteroatoms. The standard InChI is InChI=1S/C11H10BrClN2O2S2/c1-2-8-3-4-10(18-8)19(16,17)15-7-5-9(12)11(13)14-6-7/h3-6,15H,2H2,1H3. The smallest absolute Gasteiger partial charge is 0.271 e. The number of rotatable bonds is 4. The van der Waals surface area contributed by atoms with Crippen LogP contribution in [0.3, 0.4) is 0 Å². The number of anilines is 1. The number of halogens is 2. The average molecular weight is 382 g/mol. The van der Waals surface area contributed by atoms with Gasteiger partial charge >= 0.3 is 0 Å². The number of nitrogens with one attached hydrogen (secondary N) is 1. The van der Waals surface area contributed by atoms with Crippen molar-refractivity contribution in [3.8, 4) is 0 Å². The van der Waals surface area contributed by atoms with Gasteiger partial charge in [-0.1, -0.05) is 18.5 Å². The number of hydrogen-bond donors (Lipinski definition) is 1. The first kappa shape index (κ1) is 14.8. The van der Waals surface area contributed by atoms with Crippen molar-refractivity contribution < 1.29 is 8.42 Å². The Kier molecular flexibility index (Phi) is 4.50. The van der Waals surface area contributed by atoms with Crippen molar-refractivity contribution in [1.82, 2.24) is 4.98 Å². The molecule has 0 unspecified atom stereocenters. The molecule has 19 heavy (non-hydrogen) atoms.